The lowest BCUT2D eigenvalue weighted by atomic mass is 10.1. The maximum Gasteiger partial charge on any atom is 0.410 e. The van der Waals surface area contributed by atoms with E-state index in [0.29, 0.717) is 13.1 Å². The zero-order valence-electron chi connectivity index (χ0n) is 15.1. The zero-order chi connectivity index (χ0) is 19.0. The first kappa shape index (κ1) is 18.0. The van der Waals surface area contributed by atoms with E-state index in [1.165, 1.54) is 11.8 Å². The third kappa shape index (κ3) is 3.44. The number of ether oxygens (including phenoxy) is 1. The molecule has 0 radical (unpaired) electrons. The number of fused-ring (bicyclic) bond motifs is 1. The summed E-state index contributed by atoms with van der Waals surface area (Å²) >= 11 is 0. The van der Waals surface area contributed by atoms with Crippen LogP contribution in [-0.4, -0.2) is 65.7 Å². The molecule has 140 valence electrons. The molecular formula is C18H23N3O5. The Labute approximate surface area is 151 Å². The Balaban J connectivity index is 1.63. The molecule has 0 spiro atoms. The number of amides is 2. The van der Waals surface area contributed by atoms with Gasteiger partial charge < -0.3 is 19.6 Å². The number of nitrogens with zero attached hydrogens (tertiary/aromatic N) is 3. The third-order valence-corrected chi connectivity index (χ3v) is 4.91. The molecule has 2 aliphatic heterocycles. The number of carboxylic acids is 1. The highest BCUT2D eigenvalue weighted by Gasteiger charge is 2.41. The molecule has 2 heterocycles. The van der Waals surface area contributed by atoms with Crippen molar-refractivity contribution in [3.8, 4) is 0 Å². The maximum absolute atomic E-state index is 12.5. The van der Waals surface area contributed by atoms with Gasteiger partial charge in [-0.15, -0.1) is 0 Å². The molecule has 0 unspecified atom stereocenters. The lowest BCUT2D eigenvalue weighted by molar-refractivity contribution is -0.147. The van der Waals surface area contributed by atoms with Gasteiger partial charge in [0.25, 0.3) is 0 Å². The Hall–Kier alpha value is -2.77. The number of benzene rings is 1. The van der Waals surface area contributed by atoms with Gasteiger partial charge in [0, 0.05) is 46.2 Å². The number of anilines is 1. The minimum absolute atomic E-state index is 0.115. The Morgan fingerprint density at radius 3 is 2.46 bits per heavy atom. The fourth-order valence-corrected chi connectivity index (χ4v) is 3.47. The van der Waals surface area contributed by atoms with E-state index >= 15 is 0 Å². The number of hydrogen-bond donors (Lipinski definition) is 1. The van der Waals surface area contributed by atoms with Gasteiger partial charge in [0.2, 0.25) is 5.91 Å². The van der Waals surface area contributed by atoms with Gasteiger partial charge in [0.1, 0.15) is 12.1 Å². The molecule has 0 bridgehead atoms. The summed E-state index contributed by atoms with van der Waals surface area (Å²) in [7, 11) is 3.92. The van der Waals surface area contributed by atoms with Gasteiger partial charge in [-0.1, -0.05) is 6.07 Å². The van der Waals surface area contributed by atoms with Crippen LogP contribution < -0.4 is 4.90 Å². The van der Waals surface area contributed by atoms with Crippen molar-refractivity contribution in [2.24, 2.45) is 0 Å². The van der Waals surface area contributed by atoms with Crippen LogP contribution in [0.5, 0.6) is 0 Å². The number of carboxylic acid groups (broad SMARTS) is 1. The van der Waals surface area contributed by atoms with Gasteiger partial charge in [-0.25, -0.2) is 9.59 Å². The molecule has 26 heavy (non-hydrogen) atoms. The molecule has 1 aromatic carbocycles. The SMILES string of the molecule is CC(=O)N1C[C@H](OC(=O)N2Cc3ccc(N(C)C)cc3C2)C[C@H]1C(=O)O. The second-order valence-corrected chi connectivity index (χ2v) is 6.97. The normalized spacial score (nSPS) is 21.5. The molecule has 0 saturated carbocycles. The van der Waals surface area contributed by atoms with E-state index in [1.54, 1.807) is 4.90 Å². The van der Waals surface area contributed by atoms with Crippen LogP contribution in [0.3, 0.4) is 0 Å². The molecule has 3 rings (SSSR count). The Kier molecular flexibility index (Phi) is 4.76. The molecule has 8 heteroatoms. The van der Waals surface area contributed by atoms with E-state index < -0.39 is 24.2 Å². The van der Waals surface area contributed by atoms with Gasteiger partial charge in [0.05, 0.1) is 6.54 Å². The number of rotatable bonds is 3. The molecule has 0 aliphatic carbocycles. The van der Waals surface area contributed by atoms with Crippen molar-refractivity contribution in [2.45, 2.75) is 38.6 Å². The summed E-state index contributed by atoms with van der Waals surface area (Å²) in [6, 6.07) is 5.12. The largest absolute Gasteiger partial charge is 0.480 e. The van der Waals surface area contributed by atoms with E-state index in [0.717, 1.165) is 16.8 Å². The van der Waals surface area contributed by atoms with Crippen LogP contribution >= 0.6 is 0 Å². The average Bonchev–Trinajstić information content (AvgIpc) is 3.17. The highest BCUT2D eigenvalue weighted by Crippen LogP contribution is 2.28. The first-order valence-corrected chi connectivity index (χ1v) is 8.51. The van der Waals surface area contributed by atoms with Crippen molar-refractivity contribution in [3.05, 3.63) is 29.3 Å². The smallest absolute Gasteiger partial charge is 0.410 e. The van der Waals surface area contributed by atoms with Crippen LogP contribution in [0, 0.1) is 0 Å². The highest BCUT2D eigenvalue weighted by molar-refractivity contribution is 5.83. The first-order chi connectivity index (χ1) is 12.3. The lowest BCUT2D eigenvalue weighted by Crippen LogP contribution is -2.39. The molecule has 2 amide bonds. The fourth-order valence-electron chi connectivity index (χ4n) is 3.47. The molecule has 8 nitrogen and oxygen atoms in total. The van der Waals surface area contributed by atoms with Crippen molar-refractivity contribution < 1.29 is 24.2 Å². The second-order valence-electron chi connectivity index (χ2n) is 6.97. The van der Waals surface area contributed by atoms with Crippen molar-refractivity contribution in [1.29, 1.82) is 0 Å². The van der Waals surface area contributed by atoms with E-state index in [1.807, 2.05) is 31.1 Å². The molecule has 2 atom stereocenters. The van der Waals surface area contributed by atoms with E-state index in [4.69, 9.17) is 4.74 Å². The van der Waals surface area contributed by atoms with Gasteiger partial charge >= 0.3 is 12.1 Å². The predicted molar refractivity (Wildman–Crippen MR) is 93.7 cm³/mol. The predicted octanol–water partition coefficient (Wildman–Crippen LogP) is 1.28. The fraction of sp³-hybridized carbons (Fsp3) is 0.500. The summed E-state index contributed by atoms with van der Waals surface area (Å²) in [5.41, 5.74) is 3.22. The van der Waals surface area contributed by atoms with Crippen LogP contribution in [-0.2, 0) is 27.4 Å². The topological polar surface area (TPSA) is 90.4 Å². The Morgan fingerprint density at radius 1 is 1.19 bits per heavy atom. The third-order valence-electron chi connectivity index (χ3n) is 4.91. The Morgan fingerprint density at radius 2 is 1.88 bits per heavy atom. The summed E-state index contributed by atoms with van der Waals surface area (Å²) in [5.74, 6) is -1.41. The number of carbonyl (C=O) groups is 3. The van der Waals surface area contributed by atoms with E-state index in [-0.39, 0.29) is 18.9 Å². The van der Waals surface area contributed by atoms with Crippen molar-refractivity contribution in [2.75, 3.05) is 25.5 Å². The van der Waals surface area contributed by atoms with Gasteiger partial charge in [-0.3, -0.25) is 9.69 Å². The molecule has 1 saturated heterocycles. The maximum atomic E-state index is 12.5. The molecular weight excluding hydrogens is 338 g/mol. The second kappa shape index (κ2) is 6.86. The standard InChI is InChI=1S/C18H23N3O5/c1-11(22)21-10-15(7-16(21)17(23)24)26-18(25)20-8-12-4-5-14(19(2)3)6-13(12)9-20/h4-6,15-16H,7-10H2,1-3H3,(H,23,24)/t15-,16+/m1/s1. The summed E-state index contributed by atoms with van der Waals surface area (Å²) in [4.78, 5) is 40.2. The van der Waals surface area contributed by atoms with Gasteiger partial charge in [0.15, 0.2) is 0 Å². The summed E-state index contributed by atoms with van der Waals surface area (Å²) in [5, 5.41) is 9.24. The van der Waals surface area contributed by atoms with Crippen LogP contribution in [0.2, 0.25) is 0 Å². The number of carbonyl (C=O) groups excluding carboxylic acids is 2. The Bertz CT molecular complexity index is 726. The quantitative estimate of drug-likeness (QED) is 0.872. The van der Waals surface area contributed by atoms with E-state index in [2.05, 4.69) is 6.07 Å². The average molecular weight is 361 g/mol. The molecule has 1 aromatic rings. The zero-order valence-corrected chi connectivity index (χ0v) is 15.1. The van der Waals surface area contributed by atoms with Crippen LogP contribution in [0.4, 0.5) is 10.5 Å². The first-order valence-electron chi connectivity index (χ1n) is 8.51. The van der Waals surface area contributed by atoms with Crippen molar-refractivity contribution in [3.63, 3.8) is 0 Å². The molecule has 2 aliphatic rings. The van der Waals surface area contributed by atoms with Crippen LogP contribution in [0.25, 0.3) is 0 Å². The molecule has 1 N–H and O–H groups in total. The van der Waals surface area contributed by atoms with Crippen molar-refractivity contribution in [1.82, 2.24) is 9.80 Å². The minimum Gasteiger partial charge on any atom is -0.480 e. The van der Waals surface area contributed by atoms with Gasteiger partial charge in [-0.2, -0.15) is 0 Å². The number of aliphatic carboxylic acids is 1. The van der Waals surface area contributed by atoms with Crippen LogP contribution in [0.15, 0.2) is 18.2 Å². The summed E-state index contributed by atoms with van der Waals surface area (Å²) in [6.45, 7) is 2.36. The monoisotopic (exact) mass is 361 g/mol. The molecule has 1 fully saturated rings. The summed E-state index contributed by atoms with van der Waals surface area (Å²) in [6.07, 6.45) is -0.965. The minimum atomic E-state index is -1.08. The highest BCUT2D eigenvalue weighted by atomic mass is 16.6. The van der Waals surface area contributed by atoms with E-state index in [9.17, 15) is 19.5 Å². The molecule has 0 aromatic heterocycles. The lowest BCUT2D eigenvalue weighted by Gasteiger charge is -2.20. The number of hydrogen-bond acceptors (Lipinski definition) is 5. The summed E-state index contributed by atoms with van der Waals surface area (Å²) < 4.78 is 5.48. The van der Waals surface area contributed by atoms with Gasteiger partial charge in [-0.05, 0) is 23.3 Å². The van der Waals surface area contributed by atoms with Crippen LogP contribution in [0.1, 0.15) is 24.5 Å². The van der Waals surface area contributed by atoms with Crippen molar-refractivity contribution >= 4 is 23.7 Å². The number of likely N-dealkylation sites (tertiary alicyclic amines) is 1.